The number of hydrogen-bond acceptors (Lipinski definition) is 1. The first-order valence-corrected chi connectivity index (χ1v) is 4.04. The number of hydrogen-bond donors (Lipinski definition) is 1. The van der Waals surface area contributed by atoms with Crippen molar-refractivity contribution in [2.24, 2.45) is 0 Å². The van der Waals surface area contributed by atoms with Crippen LogP contribution in [0.15, 0.2) is 18.2 Å². The summed E-state index contributed by atoms with van der Waals surface area (Å²) in [4.78, 5) is 9.88. The van der Waals surface area contributed by atoms with E-state index in [4.69, 9.17) is 23.2 Å². The summed E-state index contributed by atoms with van der Waals surface area (Å²) in [6.45, 7) is 0.308. The van der Waals surface area contributed by atoms with Gasteiger partial charge in [0.15, 0.2) is 0 Å². The number of amides is 1. The average molecular weight is 203 g/mol. The predicted molar refractivity (Wildman–Crippen MR) is 49.0 cm³/mol. The van der Waals surface area contributed by atoms with Crippen LogP contribution in [0.3, 0.4) is 0 Å². The first-order valence-electron chi connectivity index (χ1n) is 3.28. The molecule has 1 amide bonds. The fourth-order valence-electron chi connectivity index (χ4n) is 0.826. The highest BCUT2D eigenvalue weighted by Crippen LogP contribution is 2.23. The third-order valence-electron chi connectivity index (χ3n) is 1.40. The van der Waals surface area contributed by atoms with Gasteiger partial charge in [0.2, 0.25) is 0 Å². The van der Waals surface area contributed by atoms with Gasteiger partial charge in [-0.3, -0.25) is 4.79 Å². The molecule has 1 radical (unpaired) electrons. The van der Waals surface area contributed by atoms with Crippen LogP contribution < -0.4 is 5.32 Å². The Balaban J connectivity index is 2.88. The molecule has 0 bridgehead atoms. The highest BCUT2D eigenvalue weighted by atomic mass is 35.5. The zero-order chi connectivity index (χ0) is 8.97. The molecule has 0 saturated heterocycles. The van der Waals surface area contributed by atoms with Crippen LogP contribution in [0.4, 0.5) is 0 Å². The van der Waals surface area contributed by atoms with Gasteiger partial charge in [0.1, 0.15) is 0 Å². The maximum absolute atomic E-state index is 9.88. The Hall–Kier alpha value is -0.730. The number of halogens is 2. The van der Waals surface area contributed by atoms with E-state index in [1.54, 1.807) is 24.6 Å². The Morgan fingerprint density at radius 3 is 2.42 bits per heavy atom. The molecule has 0 aliphatic heterocycles. The molecule has 0 aromatic heterocycles. The van der Waals surface area contributed by atoms with E-state index >= 15 is 0 Å². The van der Waals surface area contributed by atoms with Gasteiger partial charge < -0.3 is 5.32 Å². The number of carbonyl (C=O) groups excluding carboxylic acids is 1. The third-order valence-corrected chi connectivity index (χ3v) is 2.11. The lowest BCUT2D eigenvalue weighted by Gasteiger charge is -2.04. The van der Waals surface area contributed by atoms with Gasteiger partial charge >= 0.3 is 6.41 Å². The van der Waals surface area contributed by atoms with Crippen LogP contribution in [-0.2, 0) is 11.3 Å². The van der Waals surface area contributed by atoms with Crippen LogP contribution in [-0.4, -0.2) is 6.41 Å². The molecule has 12 heavy (non-hydrogen) atoms. The van der Waals surface area contributed by atoms with E-state index in [2.05, 4.69) is 5.32 Å². The van der Waals surface area contributed by atoms with E-state index in [0.717, 1.165) is 0 Å². The molecule has 1 N–H and O–H groups in total. The minimum Gasteiger partial charge on any atom is -0.344 e. The summed E-state index contributed by atoms with van der Waals surface area (Å²) in [6.07, 6.45) is 1.55. The average Bonchev–Trinajstić information content (AvgIpc) is 2.04. The van der Waals surface area contributed by atoms with E-state index in [0.29, 0.717) is 22.2 Å². The van der Waals surface area contributed by atoms with Crippen molar-refractivity contribution in [1.82, 2.24) is 5.32 Å². The topological polar surface area (TPSA) is 29.1 Å². The second-order valence-electron chi connectivity index (χ2n) is 2.16. The Morgan fingerprint density at radius 1 is 1.33 bits per heavy atom. The number of nitrogens with one attached hydrogen (secondary N) is 1. The van der Waals surface area contributed by atoms with Crippen LogP contribution in [0.2, 0.25) is 10.0 Å². The second kappa shape index (κ2) is 4.33. The number of rotatable bonds is 3. The van der Waals surface area contributed by atoms with E-state index in [-0.39, 0.29) is 0 Å². The molecule has 0 heterocycles. The smallest absolute Gasteiger partial charge is 0.309 e. The van der Waals surface area contributed by atoms with Gasteiger partial charge in [0.25, 0.3) is 0 Å². The summed E-state index contributed by atoms with van der Waals surface area (Å²) in [5, 5.41) is 3.46. The van der Waals surface area contributed by atoms with Crippen molar-refractivity contribution in [2.75, 3.05) is 0 Å². The van der Waals surface area contributed by atoms with Crippen LogP contribution in [0, 0.1) is 0 Å². The lowest BCUT2D eigenvalue weighted by molar-refractivity contribution is 0.542. The van der Waals surface area contributed by atoms with Crippen molar-refractivity contribution in [3.8, 4) is 0 Å². The quantitative estimate of drug-likeness (QED) is 0.749. The zero-order valence-electron chi connectivity index (χ0n) is 6.10. The van der Waals surface area contributed by atoms with Crippen molar-refractivity contribution >= 4 is 29.6 Å². The minimum absolute atomic E-state index is 0.308. The zero-order valence-corrected chi connectivity index (χ0v) is 7.62. The van der Waals surface area contributed by atoms with Crippen molar-refractivity contribution in [3.63, 3.8) is 0 Å². The van der Waals surface area contributed by atoms with Gasteiger partial charge in [-0.1, -0.05) is 29.3 Å². The van der Waals surface area contributed by atoms with Crippen molar-refractivity contribution in [1.29, 1.82) is 0 Å². The highest BCUT2D eigenvalue weighted by Gasteiger charge is 2.03. The van der Waals surface area contributed by atoms with Gasteiger partial charge in [-0.15, -0.1) is 0 Å². The van der Waals surface area contributed by atoms with Crippen molar-refractivity contribution < 1.29 is 4.79 Å². The molecule has 1 aromatic rings. The molecule has 0 saturated carbocycles. The molecule has 63 valence electrons. The molecule has 0 spiro atoms. The van der Waals surface area contributed by atoms with Gasteiger partial charge in [0, 0.05) is 22.2 Å². The molecule has 0 unspecified atom stereocenters. The van der Waals surface area contributed by atoms with Gasteiger partial charge in [-0.05, 0) is 12.1 Å². The first kappa shape index (κ1) is 9.36. The molecule has 0 fully saturated rings. The van der Waals surface area contributed by atoms with Gasteiger partial charge in [-0.25, -0.2) is 0 Å². The summed E-state index contributed by atoms with van der Waals surface area (Å²) in [6, 6.07) is 5.18. The lowest BCUT2D eigenvalue weighted by atomic mass is 10.2. The summed E-state index contributed by atoms with van der Waals surface area (Å²) >= 11 is 11.6. The molecule has 0 atom stereocenters. The Kier molecular flexibility index (Phi) is 3.38. The molecule has 2 nitrogen and oxygen atoms in total. The standard InChI is InChI=1S/C8H6Cl2NO/c9-7-2-1-3-8(10)6(7)4-11-5-12/h1-3H,4H2,(H,11,12). The monoisotopic (exact) mass is 202 g/mol. The van der Waals surface area contributed by atoms with E-state index < -0.39 is 0 Å². The van der Waals surface area contributed by atoms with Crippen LogP contribution in [0.5, 0.6) is 0 Å². The first-order chi connectivity index (χ1) is 5.75. The summed E-state index contributed by atoms with van der Waals surface area (Å²) in [7, 11) is 0. The summed E-state index contributed by atoms with van der Waals surface area (Å²) in [5.74, 6) is 0. The maximum atomic E-state index is 9.88. The fourth-order valence-corrected chi connectivity index (χ4v) is 1.36. The lowest BCUT2D eigenvalue weighted by Crippen LogP contribution is -2.10. The van der Waals surface area contributed by atoms with Crippen LogP contribution >= 0.6 is 23.2 Å². The molecular formula is C8H6Cl2NO. The van der Waals surface area contributed by atoms with Crippen LogP contribution in [0.1, 0.15) is 5.56 Å². The van der Waals surface area contributed by atoms with Crippen LogP contribution in [0.25, 0.3) is 0 Å². The second-order valence-corrected chi connectivity index (χ2v) is 2.97. The Bertz CT molecular complexity index is 268. The van der Waals surface area contributed by atoms with Gasteiger partial charge in [0.05, 0.1) is 0 Å². The van der Waals surface area contributed by atoms with E-state index in [1.165, 1.54) is 0 Å². The molecule has 4 heteroatoms. The SMILES string of the molecule is O=[C]NCc1c(Cl)cccc1Cl. The van der Waals surface area contributed by atoms with Crippen molar-refractivity contribution in [2.45, 2.75) is 6.54 Å². The van der Waals surface area contributed by atoms with E-state index in [9.17, 15) is 4.79 Å². The maximum Gasteiger partial charge on any atom is 0.309 e. The Morgan fingerprint density at radius 2 is 1.92 bits per heavy atom. The number of benzene rings is 1. The normalized spacial score (nSPS) is 9.50. The van der Waals surface area contributed by atoms with E-state index in [1.807, 2.05) is 0 Å². The fraction of sp³-hybridized carbons (Fsp3) is 0.125. The van der Waals surface area contributed by atoms with Gasteiger partial charge in [-0.2, -0.15) is 0 Å². The summed E-state index contributed by atoms with van der Waals surface area (Å²) < 4.78 is 0. The molecule has 1 rings (SSSR count). The third kappa shape index (κ3) is 2.13. The molecule has 0 aliphatic rings. The molecule has 0 aliphatic carbocycles. The highest BCUT2D eigenvalue weighted by molar-refractivity contribution is 6.35. The molecule has 1 aromatic carbocycles. The largest absolute Gasteiger partial charge is 0.344 e. The Labute approximate surface area is 80.5 Å². The molecular weight excluding hydrogens is 197 g/mol. The summed E-state index contributed by atoms with van der Waals surface area (Å²) in [5.41, 5.74) is 0.712. The predicted octanol–water partition coefficient (Wildman–Crippen LogP) is 2.15. The minimum atomic E-state index is 0.308. The van der Waals surface area contributed by atoms with Crippen molar-refractivity contribution in [3.05, 3.63) is 33.8 Å².